The van der Waals surface area contributed by atoms with E-state index in [1.165, 1.54) is 94.4 Å². The molecule has 2 aromatic rings. The molecule has 2 aliphatic rings. The van der Waals surface area contributed by atoms with Crippen molar-refractivity contribution in [2.75, 3.05) is 0 Å². The Morgan fingerprint density at radius 3 is 2.12 bits per heavy atom. The first-order chi connectivity index (χ1) is 12.3. The fourth-order valence-corrected chi connectivity index (χ4v) is 5.71. The van der Waals surface area contributed by atoms with Gasteiger partial charge in [0.05, 0.1) is 0 Å². The molecule has 0 saturated heterocycles. The summed E-state index contributed by atoms with van der Waals surface area (Å²) in [6.07, 6.45) is 18.6. The first-order valence-electron chi connectivity index (χ1n) is 10.9. The van der Waals surface area contributed by atoms with Crippen molar-refractivity contribution < 1.29 is 0 Å². The van der Waals surface area contributed by atoms with Crippen LogP contribution in [-0.2, 0) is 6.42 Å². The fraction of sp³-hybridized carbons (Fsp3) is 0.667. The van der Waals surface area contributed by atoms with Crippen molar-refractivity contribution >= 4 is 10.9 Å². The highest BCUT2D eigenvalue weighted by Gasteiger charge is 2.40. The zero-order valence-corrected chi connectivity index (χ0v) is 16.1. The minimum atomic E-state index is 0.495. The van der Waals surface area contributed by atoms with Gasteiger partial charge >= 0.3 is 0 Å². The van der Waals surface area contributed by atoms with E-state index in [0.717, 1.165) is 5.92 Å². The van der Waals surface area contributed by atoms with Gasteiger partial charge in [0.15, 0.2) is 0 Å². The molecule has 0 aliphatic heterocycles. The summed E-state index contributed by atoms with van der Waals surface area (Å²) in [5.41, 5.74) is 5.08. The summed E-state index contributed by atoms with van der Waals surface area (Å²) in [6.45, 7) is 2.63. The topological polar surface area (TPSA) is 15.8 Å². The van der Waals surface area contributed by atoms with Crippen molar-refractivity contribution in [3.8, 4) is 0 Å². The van der Waals surface area contributed by atoms with Crippen LogP contribution >= 0.6 is 0 Å². The number of fused-ring (bicyclic) bond motifs is 3. The summed E-state index contributed by atoms with van der Waals surface area (Å²) >= 11 is 0. The van der Waals surface area contributed by atoms with Crippen molar-refractivity contribution in [1.29, 1.82) is 0 Å². The van der Waals surface area contributed by atoms with Crippen LogP contribution in [-0.4, -0.2) is 4.98 Å². The molecule has 1 aromatic carbocycles. The Kier molecular flexibility index (Phi) is 5.20. The number of para-hydroxylation sites is 1. The van der Waals surface area contributed by atoms with E-state index in [1.54, 1.807) is 11.3 Å². The first kappa shape index (κ1) is 17.2. The molecule has 0 amide bonds. The Labute approximate surface area is 153 Å². The normalized spacial score (nSPS) is 25.2. The molecular weight excluding hydrogens is 302 g/mol. The van der Waals surface area contributed by atoms with Gasteiger partial charge in [-0.1, -0.05) is 82.9 Å². The van der Waals surface area contributed by atoms with E-state index in [4.69, 9.17) is 0 Å². The SMILES string of the molecule is CC1(C2CCc3[nH]c4ccccc4c32)CCCCCCCCCCC1. The van der Waals surface area contributed by atoms with Gasteiger partial charge in [0.2, 0.25) is 0 Å². The van der Waals surface area contributed by atoms with Crippen molar-refractivity contribution in [2.45, 2.75) is 96.3 Å². The third-order valence-electron chi connectivity index (χ3n) is 7.20. The summed E-state index contributed by atoms with van der Waals surface area (Å²) < 4.78 is 0. The highest BCUT2D eigenvalue weighted by atomic mass is 14.7. The average molecular weight is 338 g/mol. The molecule has 1 heteroatoms. The average Bonchev–Trinajstić information content (AvgIpc) is 3.17. The number of nitrogens with one attached hydrogen (secondary N) is 1. The largest absolute Gasteiger partial charge is 0.358 e. The van der Waals surface area contributed by atoms with E-state index in [-0.39, 0.29) is 0 Å². The summed E-state index contributed by atoms with van der Waals surface area (Å²) in [6, 6.07) is 8.99. The van der Waals surface area contributed by atoms with E-state index in [2.05, 4.69) is 36.2 Å². The van der Waals surface area contributed by atoms with Crippen LogP contribution in [0.1, 0.15) is 101 Å². The lowest BCUT2D eigenvalue weighted by Crippen LogP contribution is -2.25. The third kappa shape index (κ3) is 3.52. The van der Waals surface area contributed by atoms with Crippen molar-refractivity contribution in [2.24, 2.45) is 5.41 Å². The van der Waals surface area contributed by atoms with Gasteiger partial charge in [-0.25, -0.2) is 0 Å². The quantitative estimate of drug-likeness (QED) is 0.554. The Bertz CT molecular complexity index is 683. The zero-order valence-electron chi connectivity index (χ0n) is 16.1. The fourth-order valence-electron chi connectivity index (χ4n) is 5.71. The van der Waals surface area contributed by atoms with Gasteiger partial charge in [0.1, 0.15) is 0 Å². The molecule has 1 nitrogen and oxygen atoms in total. The van der Waals surface area contributed by atoms with Gasteiger partial charge in [-0.2, -0.15) is 0 Å². The van der Waals surface area contributed by atoms with Crippen LogP contribution in [0.5, 0.6) is 0 Å². The molecule has 0 bridgehead atoms. The molecule has 1 atom stereocenters. The number of rotatable bonds is 1. The Morgan fingerprint density at radius 2 is 1.44 bits per heavy atom. The Hall–Kier alpha value is -1.24. The predicted octanol–water partition coefficient (Wildman–Crippen LogP) is 7.51. The van der Waals surface area contributed by atoms with Gasteiger partial charge < -0.3 is 4.98 Å². The summed E-state index contributed by atoms with van der Waals surface area (Å²) in [5, 5.41) is 1.51. The molecule has 136 valence electrons. The minimum Gasteiger partial charge on any atom is -0.358 e. The second-order valence-electron chi connectivity index (χ2n) is 8.99. The maximum atomic E-state index is 3.73. The lowest BCUT2D eigenvalue weighted by atomic mass is 9.67. The first-order valence-corrected chi connectivity index (χ1v) is 10.9. The molecule has 1 N–H and O–H groups in total. The predicted molar refractivity (Wildman–Crippen MR) is 108 cm³/mol. The number of aryl methyl sites for hydroxylation is 1. The molecule has 0 radical (unpaired) electrons. The maximum Gasteiger partial charge on any atom is 0.0459 e. The second-order valence-corrected chi connectivity index (χ2v) is 8.99. The number of H-pyrrole nitrogens is 1. The van der Waals surface area contributed by atoms with E-state index in [1.807, 2.05) is 0 Å². The van der Waals surface area contributed by atoms with Crippen LogP contribution in [0.4, 0.5) is 0 Å². The van der Waals surface area contributed by atoms with Crippen LogP contribution in [0, 0.1) is 5.41 Å². The van der Waals surface area contributed by atoms with Crippen molar-refractivity contribution in [1.82, 2.24) is 4.98 Å². The second kappa shape index (κ2) is 7.56. The number of hydrogen-bond acceptors (Lipinski definition) is 0. The molecule has 4 rings (SSSR count). The van der Waals surface area contributed by atoms with Crippen molar-refractivity contribution in [3.63, 3.8) is 0 Å². The smallest absolute Gasteiger partial charge is 0.0459 e. The number of aromatic amines is 1. The zero-order chi connectivity index (χ0) is 17.1. The van der Waals surface area contributed by atoms with Gasteiger partial charge in [0.25, 0.3) is 0 Å². The van der Waals surface area contributed by atoms with Gasteiger partial charge in [-0.15, -0.1) is 0 Å². The van der Waals surface area contributed by atoms with E-state index in [9.17, 15) is 0 Å². The van der Waals surface area contributed by atoms with E-state index >= 15 is 0 Å². The van der Waals surface area contributed by atoms with Gasteiger partial charge in [-0.3, -0.25) is 0 Å². The molecule has 0 spiro atoms. The van der Waals surface area contributed by atoms with Gasteiger partial charge in [0, 0.05) is 16.6 Å². The third-order valence-corrected chi connectivity index (χ3v) is 7.20. The molecular formula is C24H35N. The van der Waals surface area contributed by atoms with Crippen LogP contribution < -0.4 is 0 Å². The lowest BCUT2D eigenvalue weighted by molar-refractivity contribution is 0.194. The minimum absolute atomic E-state index is 0.495. The highest BCUT2D eigenvalue weighted by Crippen LogP contribution is 2.52. The molecule has 1 heterocycles. The summed E-state index contributed by atoms with van der Waals surface area (Å²) in [4.78, 5) is 3.73. The summed E-state index contributed by atoms with van der Waals surface area (Å²) in [5.74, 6) is 0.765. The standard InChI is InChI=1S/C24H35N/c1-24(17-11-7-5-3-2-4-6-8-12-18-24)20-15-16-22-23(20)19-13-9-10-14-21(19)25-22/h9-10,13-14,20,25H,2-8,11-12,15-18H2,1H3. The van der Waals surface area contributed by atoms with Crippen LogP contribution in [0.2, 0.25) is 0 Å². The van der Waals surface area contributed by atoms with E-state index in [0.29, 0.717) is 5.41 Å². The molecule has 1 aromatic heterocycles. The number of benzene rings is 1. The Morgan fingerprint density at radius 1 is 0.840 bits per heavy atom. The van der Waals surface area contributed by atoms with Crippen LogP contribution in [0.3, 0.4) is 0 Å². The molecule has 1 saturated carbocycles. The molecule has 1 fully saturated rings. The number of aromatic nitrogens is 1. The monoisotopic (exact) mass is 337 g/mol. The molecule has 2 aliphatic carbocycles. The highest BCUT2D eigenvalue weighted by molar-refractivity contribution is 5.86. The van der Waals surface area contributed by atoms with E-state index < -0.39 is 0 Å². The van der Waals surface area contributed by atoms with Crippen LogP contribution in [0.25, 0.3) is 10.9 Å². The van der Waals surface area contributed by atoms with Crippen molar-refractivity contribution in [3.05, 3.63) is 35.5 Å². The summed E-state index contributed by atoms with van der Waals surface area (Å²) in [7, 11) is 0. The molecule has 25 heavy (non-hydrogen) atoms. The lowest BCUT2D eigenvalue weighted by Gasteiger charge is -2.37. The Balaban J connectivity index is 1.60. The number of hydrogen-bond donors (Lipinski definition) is 1. The van der Waals surface area contributed by atoms with Crippen LogP contribution in [0.15, 0.2) is 24.3 Å². The maximum absolute atomic E-state index is 3.73. The van der Waals surface area contributed by atoms with Gasteiger partial charge in [-0.05, 0) is 48.6 Å². The molecule has 1 unspecified atom stereocenters.